The average molecular weight is 1930 g/mol. The number of esters is 9. The minimum atomic E-state index is -4.24. The van der Waals surface area contributed by atoms with Gasteiger partial charge in [-0.05, 0) is 287 Å². The van der Waals surface area contributed by atoms with Gasteiger partial charge in [0.1, 0.15) is 13.2 Å². The van der Waals surface area contributed by atoms with Crippen molar-refractivity contribution in [3.8, 4) is 0 Å². The molecule has 0 aromatic carbocycles. The molecule has 3 aliphatic heterocycles. The van der Waals surface area contributed by atoms with Crippen molar-refractivity contribution in [2.24, 2.45) is 140 Å². The normalized spacial score (nSPS) is 38.8. The molecule has 1 spiro atoms. The minimum absolute atomic E-state index is 0.00808. The van der Waals surface area contributed by atoms with Crippen LogP contribution in [-0.4, -0.2) is 183 Å². The van der Waals surface area contributed by atoms with E-state index in [2.05, 4.69) is 41.5 Å². The van der Waals surface area contributed by atoms with E-state index in [1.165, 1.54) is 54.4 Å². The summed E-state index contributed by atoms with van der Waals surface area (Å²) in [5.41, 5.74) is -11.7. The molecule has 135 heavy (non-hydrogen) atoms. The summed E-state index contributed by atoms with van der Waals surface area (Å²) in [7, 11) is 1.55. The highest BCUT2D eigenvalue weighted by Crippen LogP contribution is 2.72. The lowest BCUT2D eigenvalue weighted by Crippen LogP contribution is -2.64. The monoisotopic (exact) mass is 1930 g/mol. The molecular formula is C104H160F8O23. The fourth-order valence-electron chi connectivity index (χ4n) is 27.4. The topological polar surface area (TPSA) is 305 Å². The Labute approximate surface area is 794 Å². The maximum atomic E-state index is 14.0. The number of carbonyl (C=O) groups is 9. The number of hydrogen-bond acceptors (Lipinski definition) is 23. The first kappa shape index (κ1) is 108. The smallest absolute Gasteiger partial charge is 0.351 e. The standard InChI is InChI=1S/C20H28F4O4.C20H32O5.2C16H24F2O4.2C16H26O3/c1-16(2,3)15(25)26-9-17-6-12-4-13(7-17)20(14(5-12)8-17)27-10-18(21,22)19(23,24)11-28-20;1-13(23-5)25-17(22)20-9-14-6-15(10-20)8-19(7-14,11-20)12-24-16(21)18(2,3)4;2*1-12(2,3)16(17,18)9-21-11(20)15-8-7-14(6,10(19)22-15)13(15,4)5;1-14(2,3)10-19-13(17)15-5-11-4-12(6-15)8-16(18,7-11)9-15;1-15(2,3)9-19-14(18)16-6-10-4-11(7-16)13(17)12(5-10)8-16/h12-14H,4-11H2,1-3H3;13-15H,6-12H2,1-5H3;2*7-9H2,1-6H3;11-12,18H,4-10H2,1-3H3;10-13,17H,4-9H2,1-3H3. The predicted molar refractivity (Wildman–Crippen MR) is 479 cm³/mol. The first-order valence-corrected chi connectivity index (χ1v) is 49.7. The number of ether oxygens (including phenoxy) is 12. The molecule has 21 aliphatic rings. The lowest BCUT2D eigenvalue weighted by atomic mass is 9.44. The summed E-state index contributed by atoms with van der Waals surface area (Å²) in [6.07, 6.45) is 20.8. The zero-order chi connectivity index (χ0) is 101. The maximum Gasteiger partial charge on any atom is 0.351 e. The van der Waals surface area contributed by atoms with E-state index in [1.807, 2.05) is 20.8 Å². The second-order valence-corrected chi connectivity index (χ2v) is 53.5. The molecule has 21 fully saturated rings. The highest BCUT2D eigenvalue weighted by Gasteiger charge is 2.79. The van der Waals surface area contributed by atoms with Crippen LogP contribution in [0.1, 0.15) is 340 Å². The number of fused-ring (bicyclic) bond motifs is 4. The van der Waals surface area contributed by atoms with Gasteiger partial charge in [0, 0.05) is 51.4 Å². The molecule has 3 heterocycles. The molecule has 21 rings (SSSR count). The van der Waals surface area contributed by atoms with Gasteiger partial charge in [-0.1, -0.05) is 111 Å². The lowest BCUT2D eigenvalue weighted by molar-refractivity contribution is -0.349. The van der Waals surface area contributed by atoms with Crippen LogP contribution in [0.3, 0.4) is 0 Å². The SMILES string of the molecule is CC(C)(C)C(=O)OCC12CC3CC(C1)C1(OCC(F)(F)C(F)(F)CO1)C(C3)C2.CC(C)(C)C(F)(F)COC(=O)C12CCC(C)(C(=O)O1)C2(C)C.CC(C)(C)C(F)(F)COC(=O)C12CCC(C)(C(=O)O1)C2(C)C.CC(C)(C)COC(=O)C12CC3CC(C1)C(O)C(C3)C2.CC(C)(C)COC(=O)C12CC3CC(CC(O)(C3)C1)C2.COC(C)OC(=O)C12CC3CC(CC(COC(=O)C(C)(C)C)(C3)C1)C2. The van der Waals surface area contributed by atoms with Gasteiger partial charge in [0.25, 0.3) is 11.8 Å². The number of alkyl halides is 8. The zero-order valence-corrected chi connectivity index (χ0v) is 85.5. The largest absolute Gasteiger partial charge is 0.465 e. The summed E-state index contributed by atoms with van der Waals surface area (Å²) in [6, 6.07) is 0. The number of aliphatic hydroxyl groups excluding tert-OH is 1. The van der Waals surface area contributed by atoms with E-state index in [-0.39, 0.29) is 86.9 Å². The fraction of sp³-hybridized carbons (Fsp3) is 0.913. The van der Waals surface area contributed by atoms with E-state index in [0.717, 1.165) is 96.3 Å². The summed E-state index contributed by atoms with van der Waals surface area (Å²) in [5.74, 6) is -16.1. The molecule has 0 amide bonds. The number of carbonyl (C=O) groups excluding carboxylic acids is 9. The molecular weight excluding hydrogens is 1770 g/mol. The highest BCUT2D eigenvalue weighted by atomic mass is 19.3. The van der Waals surface area contributed by atoms with Crippen LogP contribution in [0.25, 0.3) is 0 Å². The number of aliphatic hydroxyl groups is 2. The second-order valence-electron chi connectivity index (χ2n) is 53.5. The Morgan fingerprint density at radius 2 is 0.763 bits per heavy atom. The van der Waals surface area contributed by atoms with E-state index in [4.69, 9.17) is 56.8 Å². The van der Waals surface area contributed by atoms with Gasteiger partial charge < -0.3 is 67.1 Å². The van der Waals surface area contributed by atoms with Crippen LogP contribution in [-0.2, 0) is 100.0 Å². The van der Waals surface area contributed by atoms with Gasteiger partial charge in [-0.15, -0.1) is 0 Å². The third-order valence-electron chi connectivity index (χ3n) is 35.6. The summed E-state index contributed by atoms with van der Waals surface area (Å²) in [4.78, 5) is 111. The van der Waals surface area contributed by atoms with Gasteiger partial charge >= 0.3 is 65.6 Å². The molecule has 3 saturated heterocycles. The molecule has 31 heteroatoms. The van der Waals surface area contributed by atoms with Crippen molar-refractivity contribution in [3.05, 3.63) is 0 Å². The molecule has 18 aliphatic carbocycles. The third kappa shape index (κ3) is 20.4. The van der Waals surface area contributed by atoms with E-state index >= 15 is 0 Å². The lowest BCUT2D eigenvalue weighted by Gasteiger charge is -2.63. The van der Waals surface area contributed by atoms with Crippen LogP contribution in [0.2, 0.25) is 0 Å². The Morgan fingerprint density at radius 1 is 0.415 bits per heavy atom. The number of halogens is 8. The number of methoxy groups -OCH3 is 1. The van der Waals surface area contributed by atoms with Crippen LogP contribution >= 0.6 is 0 Å². The Bertz CT molecular complexity index is 4260. The van der Waals surface area contributed by atoms with Gasteiger partial charge in [0.15, 0.2) is 25.3 Å². The van der Waals surface area contributed by atoms with Crippen LogP contribution in [0, 0.1) is 140 Å². The Hall–Kier alpha value is -5.53. The Morgan fingerprint density at radius 3 is 1.11 bits per heavy atom. The van der Waals surface area contributed by atoms with Gasteiger partial charge in [-0.25, -0.2) is 27.2 Å². The molecule has 0 aromatic rings. The van der Waals surface area contributed by atoms with Crippen LogP contribution in [0.5, 0.6) is 0 Å². The molecule has 13 unspecified atom stereocenters. The van der Waals surface area contributed by atoms with Crippen molar-refractivity contribution in [3.63, 3.8) is 0 Å². The minimum Gasteiger partial charge on any atom is -0.465 e. The number of hydrogen-bond donors (Lipinski definition) is 2. The van der Waals surface area contributed by atoms with Crippen molar-refractivity contribution < 1.29 is 145 Å². The average Bonchev–Trinajstić information content (AvgIpc) is 1.51. The van der Waals surface area contributed by atoms with Crippen molar-refractivity contribution >= 4 is 53.7 Å². The predicted octanol–water partition coefficient (Wildman–Crippen LogP) is 20.4. The van der Waals surface area contributed by atoms with Gasteiger partial charge in [-0.3, -0.25) is 33.6 Å². The van der Waals surface area contributed by atoms with Crippen molar-refractivity contribution in [1.82, 2.24) is 0 Å². The quantitative estimate of drug-likeness (QED) is 0.0591. The molecule has 0 aromatic heterocycles. The van der Waals surface area contributed by atoms with E-state index in [0.29, 0.717) is 125 Å². The van der Waals surface area contributed by atoms with Crippen LogP contribution in [0.4, 0.5) is 35.1 Å². The summed E-state index contributed by atoms with van der Waals surface area (Å²) in [6.45, 7) is 41.0. The molecule has 23 nitrogen and oxygen atoms in total. The highest BCUT2D eigenvalue weighted by molar-refractivity contribution is 5.95. The zero-order valence-electron chi connectivity index (χ0n) is 85.5. The molecule has 2 N–H and O–H groups in total. The second kappa shape index (κ2) is 35.8. The first-order chi connectivity index (χ1) is 61.3. The van der Waals surface area contributed by atoms with Crippen LogP contribution in [0.15, 0.2) is 0 Å². The van der Waals surface area contributed by atoms with E-state index in [9.17, 15) is 88.5 Å². The Kier molecular flexibility index (Phi) is 28.7. The summed E-state index contributed by atoms with van der Waals surface area (Å²) >= 11 is 0. The Balaban J connectivity index is 0.000000146. The van der Waals surface area contributed by atoms with Crippen molar-refractivity contribution in [1.29, 1.82) is 0 Å². The van der Waals surface area contributed by atoms with E-state index in [1.54, 1.807) is 76.3 Å². The van der Waals surface area contributed by atoms with Gasteiger partial charge in [0.2, 0.25) is 11.2 Å². The third-order valence-corrected chi connectivity index (χ3v) is 35.6. The maximum absolute atomic E-state index is 14.0. The number of rotatable bonds is 17. The van der Waals surface area contributed by atoms with Gasteiger partial charge in [0.05, 0.1) is 76.0 Å². The molecule has 770 valence electrons. The van der Waals surface area contributed by atoms with Crippen molar-refractivity contribution in [2.75, 3.05) is 60.0 Å². The fourth-order valence-corrected chi connectivity index (χ4v) is 27.4. The summed E-state index contributed by atoms with van der Waals surface area (Å²) < 4.78 is 176. The molecule has 13 atom stereocenters. The summed E-state index contributed by atoms with van der Waals surface area (Å²) in [5, 5.41) is 20.9. The van der Waals surface area contributed by atoms with Crippen LogP contribution < -0.4 is 0 Å². The van der Waals surface area contributed by atoms with E-state index < -0.39 is 152 Å². The first-order valence-electron chi connectivity index (χ1n) is 49.7. The van der Waals surface area contributed by atoms with Gasteiger partial charge in [-0.2, -0.15) is 17.6 Å². The van der Waals surface area contributed by atoms with Crippen molar-refractivity contribution in [2.45, 2.75) is 399 Å². The molecule has 0 radical (unpaired) electrons. The molecule has 18 saturated carbocycles. The molecule has 20 bridgehead atoms.